The Morgan fingerprint density at radius 3 is 2.75 bits per heavy atom. The molecule has 2 N–H and O–H groups in total. The molecule has 0 aliphatic carbocycles. The Labute approximate surface area is 165 Å². The fraction of sp³-hybridized carbons (Fsp3) is 0.118. The summed E-state index contributed by atoms with van der Waals surface area (Å²) in [5.74, 6) is -0.0681. The number of carbonyl (C=O) groups is 2. The van der Waals surface area contributed by atoms with E-state index in [4.69, 9.17) is 15.0 Å². The average molecular weight is 451 g/mol. The Morgan fingerprint density at radius 2 is 2.11 bits per heavy atom. The lowest BCUT2D eigenvalue weighted by Gasteiger charge is -2.06. The fourth-order valence-corrected chi connectivity index (χ4v) is 2.46. The molecule has 0 saturated heterocycles. The molecule has 1 atom stereocenters. The summed E-state index contributed by atoms with van der Waals surface area (Å²) in [4.78, 5) is 29.6. The number of primary amides is 1. The van der Waals surface area contributed by atoms with E-state index in [9.17, 15) is 14.0 Å². The first-order valence-electron chi connectivity index (χ1n) is 7.78. The van der Waals surface area contributed by atoms with E-state index in [-0.39, 0.29) is 24.0 Å². The van der Waals surface area contributed by atoms with Gasteiger partial charge < -0.3 is 19.7 Å². The summed E-state index contributed by atoms with van der Waals surface area (Å²) in [7, 11) is 0. The van der Waals surface area contributed by atoms with Gasteiger partial charge in [-0.25, -0.2) is 14.2 Å². The molecule has 3 aromatic rings. The van der Waals surface area contributed by atoms with Crippen LogP contribution in [-0.4, -0.2) is 33.6 Å². The third-order valence-corrected chi connectivity index (χ3v) is 3.80. The predicted octanol–water partition coefficient (Wildman–Crippen LogP) is 3.03. The molecule has 0 spiro atoms. The first-order valence-corrected chi connectivity index (χ1v) is 8.57. The van der Waals surface area contributed by atoms with Gasteiger partial charge in [0, 0.05) is 16.2 Å². The summed E-state index contributed by atoms with van der Waals surface area (Å²) < 4.78 is 29.3. The van der Waals surface area contributed by atoms with Crippen molar-refractivity contribution in [2.75, 3.05) is 0 Å². The van der Waals surface area contributed by atoms with Crippen molar-refractivity contribution in [3.05, 3.63) is 52.7 Å². The summed E-state index contributed by atoms with van der Waals surface area (Å²) in [6.07, 6.45) is -0.466. The van der Waals surface area contributed by atoms with Crippen molar-refractivity contribution in [2.24, 2.45) is 5.73 Å². The Morgan fingerprint density at radius 1 is 1.36 bits per heavy atom. The summed E-state index contributed by atoms with van der Waals surface area (Å²) >= 11 is 3.12. The molecule has 144 valence electrons. The average Bonchev–Trinajstić information content (AvgIpc) is 3.12. The molecule has 28 heavy (non-hydrogen) atoms. The number of hydrogen-bond donors (Lipinski definition) is 1. The largest absolute Gasteiger partial charge is 0.438 e. The number of amides is 1. The minimum atomic E-state index is -1.12. The van der Waals surface area contributed by atoms with Gasteiger partial charge in [0.25, 0.3) is 5.88 Å². The summed E-state index contributed by atoms with van der Waals surface area (Å²) in [5, 5.41) is 3.80. The molecule has 0 saturated carbocycles. The van der Waals surface area contributed by atoms with E-state index in [0.29, 0.717) is 22.1 Å². The van der Waals surface area contributed by atoms with Gasteiger partial charge in [-0.3, -0.25) is 4.79 Å². The number of pyridine rings is 1. The molecule has 0 aliphatic heterocycles. The van der Waals surface area contributed by atoms with E-state index in [0.717, 1.165) is 0 Å². The van der Waals surface area contributed by atoms with E-state index in [1.54, 1.807) is 24.3 Å². The maximum absolute atomic E-state index is 13.8. The number of aromatic nitrogens is 3. The van der Waals surface area contributed by atoms with Crippen molar-refractivity contribution >= 4 is 28.3 Å². The maximum Gasteiger partial charge on any atom is 0.405 e. The van der Waals surface area contributed by atoms with Gasteiger partial charge in [0.1, 0.15) is 5.75 Å². The van der Waals surface area contributed by atoms with Crippen LogP contribution in [0.3, 0.4) is 0 Å². The highest BCUT2D eigenvalue weighted by Gasteiger charge is 2.18. The summed E-state index contributed by atoms with van der Waals surface area (Å²) in [6, 6.07) is 7.68. The zero-order valence-corrected chi connectivity index (χ0v) is 15.6. The Hall–Kier alpha value is -3.34. The van der Waals surface area contributed by atoms with Crippen LogP contribution < -0.4 is 10.5 Å². The maximum atomic E-state index is 13.8. The van der Waals surface area contributed by atoms with Crippen LogP contribution in [0.25, 0.3) is 11.4 Å². The quantitative estimate of drug-likeness (QED) is 0.543. The SMILES string of the molecule is NC(=O)OC(C=O)Cc1nc(-c2ccc(Oc3ncc(Br)cc3F)cc2)no1. The molecule has 0 fully saturated rings. The van der Waals surface area contributed by atoms with Gasteiger partial charge in [-0.15, -0.1) is 0 Å². The molecule has 0 aliphatic rings. The molecule has 0 bridgehead atoms. The fourth-order valence-electron chi connectivity index (χ4n) is 2.15. The lowest BCUT2D eigenvalue weighted by Crippen LogP contribution is -2.25. The molecular weight excluding hydrogens is 439 g/mol. The number of aldehydes is 1. The van der Waals surface area contributed by atoms with Gasteiger partial charge in [0.05, 0.1) is 6.42 Å². The second-order valence-electron chi connectivity index (χ2n) is 5.39. The molecule has 1 amide bonds. The molecule has 1 aromatic carbocycles. The van der Waals surface area contributed by atoms with Crippen molar-refractivity contribution in [2.45, 2.75) is 12.5 Å². The number of halogens is 2. The third-order valence-electron chi connectivity index (χ3n) is 3.36. The van der Waals surface area contributed by atoms with Crippen LogP contribution in [0.2, 0.25) is 0 Å². The normalized spacial score (nSPS) is 11.6. The van der Waals surface area contributed by atoms with Crippen molar-refractivity contribution in [3.8, 4) is 23.0 Å². The molecule has 9 nitrogen and oxygen atoms in total. The smallest absolute Gasteiger partial charge is 0.405 e. The number of benzene rings is 1. The van der Waals surface area contributed by atoms with Gasteiger partial charge in [-0.1, -0.05) is 5.16 Å². The monoisotopic (exact) mass is 450 g/mol. The second-order valence-corrected chi connectivity index (χ2v) is 6.31. The van der Waals surface area contributed by atoms with E-state index < -0.39 is 18.0 Å². The summed E-state index contributed by atoms with van der Waals surface area (Å²) in [6.45, 7) is 0. The van der Waals surface area contributed by atoms with Crippen LogP contribution in [0.4, 0.5) is 9.18 Å². The Kier molecular flexibility index (Phi) is 5.94. The molecular formula is C17H12BrFN4O5. The van der Waals surface area contributed by atoms with Crippen LogP contribution in [0.15, 0.2) is 45.5 Å². The Balaban J connectivity index is 1.69. The van der Waals surface area contributed by atoms with Gasteiger partial charge in [0.2, 0.25) is 11.7 Å². The molecule has 11 heteroatoms. The molecule has 2 heterocycles. The number of nitrogens with two attached hydrogens (primary N) is 1. The van der Waals surface area contributed by atoms with Crippen molar-refractivity contribution in [1.29, 1.82) is 0 Å². The molecule has 3 rings (SSSR count). The van der Waals surface area contributed by atoms with Crippen LogP contribution in [0, 0.1) is 5.82 Å². The third kappa shape index (κ3) is 4.88. The van der Waals surface area contributed by atoms with E-state index >= 15 is 0 Å². The van der Waals surface area contributed by atoms with Gasteiger partial charge in [0.15, 0.2) is 18.2 Å². The van der Waals surface area contributed by atoms with Crippen molar-refractivity contribution < 1.29 is 28.0 Å². The predicted molar refractivity (Wildman–Crippen MR) is 95.9 cm³/mol. The van der Waals surface area contributed by atoms with Gasteiger partial charge in [-0.05, 0) is 46.3 Å². The van der Waals surface area contributed by atoms with Crippen LogP contribution >= 0.6 is 15.9 Å². The number of ether oxygens (including phenoxy) is 2. The highest BCUT2D eigenvalue weighted by molar-refractivity contribution is 9.10. The van der Waals surface area contributed by atoms with Gasteiger partial charge >= 0.3 is 6.09 Å². The van der Waals surface area contributed by atoms with E-state index in [2.05, 4.69) is 35.8 Å². The number of hydrogen-bond acceptors (Lipinski definition) is 8. The topological polar surface area (TPSA) is 130 Å². The molecule has 2 aromatic heterocycles. The zero-order valence-electron chi connectivity index (χ0n) is 14.0. The van der Waals surface area contributed by atoms with Crippen LogP contribution in [0.5, 0.6) is 11.6 Å². The van der Waals surface area contributed by atoms with Gasteiger partial charge in [-0.2, -0.15) is 4.98 Å². The van der Waals surface area contributed by atoms with E-state index in [1.807, 2.05) is 0 Å². The zero-order chi connectivity index (χ0) is 20.1. The molecule has 0 radical (unpaired) electrons. The van der Waals surface area contributed by atoms with Crippen LogP contribution in [0.1, 0.15) is 5.89 Å². The van der Waals surface area contributed by atoms with Crippen molar-refractivity contribution in [3.63, 3.8) is 0 Å². The summed E-state index contributed by atoms with van der Waals surface area (Å²) in [5.41, 5.74) is 5.46. The standard InChI is InChI=1S/C17H12BrFN4O5/c18-10-5-13(19)16(21-7-10)26-11-3-1-9(2-4-11)15-22-14(28-23-15)6-12(8-24)27-17(20)25/h1-5,7-8,12H,6H2,(H2,20,25). The first-order chi connectivity index (χ1) is 13.4. The highest BCUT2D eigenvalue weighted by atomic mass is 79.9. The Bertz CT molecular complexity index is 995. The lowest BCUT2D eigenvalue weighted by atomic mass is 10.2. The first kappa shape index (κ1) is 19.4. The van der Waals surface area contributed by atoms with E-state index in [1.165, 1.54) is 12.3 Å². The molecule has 1 unspecified atom stereocenters. The second kappa shape index (κ2) is 8.57. The lowest BCUT2D eigenvalue weighted by molar-refractivity contribution is -0.115. The minimum Gasteiger partial charge on any atom is -0.438 e. The number of nitrogens with zero attached hydrogens (tertiary/aromatic N) is 3. The van der Waals surface area contributed by atoms with Crippen molar-refractivity contribution in [1.82, 2.24) is 15.1 Å². The highest BCUT2D eigenvalue weighted by Crippen LogP contribution is 2.26. The minimum absolute atomic E-state index is 0.0924. The number of carbonyl (C=O) groups excluding carboxylic acids is 2. The number of rotatable bonds is 7. The van der Waals surface area contributed by atoms with Crippen LogP contribution in [-0.2, 0) is 16.0 Å².